The number of halogens is 2. The summed E-state index contributed by atoms with van der Waals surface area (Å²) in [5.74, 6) is 0.575. The summed E-state index contributed by atoms with van der Waals surface area (Å²) in [7, 11) is 0. The van der Waals surface area contributed by atoms with Crippen LogP contribution in [-0.4, -0.2) is 19.7 Å². The average Bonchev–Trinajstić information content (AvgIpc) is 3.42. The van der Waals surface area contributed by atoms with Crippen molar-refractivity contribution >= 4 is 16.6 Å². The molecule has 158 valence electrons. The first-order valence-electron chi connectivity index (χ1n) is 10.6. The summed E-state index contributed by atoms with van der Waals surface area (Å²) >= 11 is 0. The molecular weight excluding hydrogens is 396 g/mol. The summed E-state index contributed by atoms with van der Waals surface area (Å²) in [6.45, 7) is 7.82. The summed E-state index contributed by atoms with van der Waals surface area (Å²) in [4.78, 5) is 3.24. The molecule has 0 radical (unpaired) electrons. The molecule has 0 bridgehead atoms. The molecule has 7 heteroatoms. The second-order valence-corrected chi connectivity index (χ2v) is 9.23. The van der Waals surface area contributed by atoms with Crippen LogP contribution in [-0.2, 0) is 18.4 Å². The largest absolute Gasteiger partial charge is 0.371 e. The molecule has 1 aliphatic carbocycles. The van der Waals surface area contributed by atoms with E-state index in [9.17, 15) is 4.39 Å². The van der Waals surface area contributed by atoms with Crippen LogP contribution in [0, 0.1) is 25.5 Å². The van der Waals surface area contributed by atoms with Crippen molar-refractivity contribution in [2.45, 2.75) is 52.5 Å². The Morgan fingerprint density at radius 2 is 1.84 bits per heavy atom. The van der Waals surface area contributed by atoms with E-state index in [2.05, 4.69) is 20.5 Å². The van der Waals surface area contributed by atoms with Crippen molar-refractivity contribution in [1.29, 1.82) is 0 Å². The van der Waals surface area contributed by atoms with Gasteiger partial charge in [0.15, 0.2) is 11.6 Å². The number of aromatic amines is 1. The fraction of sp³-hybridized carbons (Fsp3) is 0.333. The molecule has 4 aromatic rings. The van der Waals surface area contributed by atoms with Gasteiger partial charge in [0.1, 0.15) is 17.3 Å². The van der Waals surface area contributed by atoms with Crippen LogP contribution < -0.4 is 5.32 Å². The van der Waals surface area contributed by atoms with Gasteiger partial charge in [-0.05, 0) is 75.8 Å². The number of nitrogens with zero attached hydrogens (tertiary/aromatic N) is 3. The summed E-state index contributed by atoms with van der Waals surface area (Å²) in [5, 5.41) is 12.9. The van der Waals surface area contributed by atoms with E-state index >= 15 is 4.39 Å². The summed E-state index contributed by atoms with van der Waals surface area (Å²) in [5.41, 5.74) is 5.59. The van der Waals surface area contributed by atoms with Gasteiger partial charge in [-0.2, -0.15) is 0 Å². The smallest absolute Gasteiger partial charge is 0.162 e. The van der Waals surface area contributed by atoms with E-state index in [4.69, 9.17) is 0 Å². The van der Waals surface area contributed by atoms with Gasteiger partial charge in [0.2, 0.25) is 0 Å². The van der Waals surface area contributed by atoms with Crippen molar-refractivity contribution in [2.24, 2.45) is 0 Å². The highest BCUT2D eigenvalue weighted by molar-refractivity contribution is 5.98. The monoisotopic (exact) mass is 419 g/mol. The molecule has 0 spiro atoms. The normalized spacial score (nSPS) is 16.2. The number of nitrogens with one attached hydrogen (secondary N) is 2. The Hall–Kier alpha value is -3.22. The highest BCUT2D eigenvalue weighted by atomic mass is 19.1. The maximum absolute atomic E-state index is 16.5. The summed E-state index contributed by atoms with van der Waals surface area (Å²) in [6, 6.07) is 2.95. The van der Waals surface area contributed by atoms with Crippen LogP contribution in [0.1, 0.15) is 48.6 Å². The Kier molecular flexibility index (Phi) is 3.55. The molecule has 0 unspecified atom stereocenters. The van der Waals surface area contributed by atoms with E-state index in [0.29, 0.717) is 28.5 Å². The van der Waals surface area contributed by atoms with Gasteiger partial charge >= 0.3 is 0 Å². The zero-order chi connectivity index (χ0) is 21.7. The van der Waals surface area contributed by atoms with Gasteiger partial charge < -0.3 is 10.3 Å². The number of fused-ring (bicyclic) bond motifs is 6. The zero-order valence-corrected chi connectivity index (χ0v) is 18.0. The molecule has 2 aromatic heterocycles. The van der Waals surface area contributed by atoms with Crippen LogP contribution in [0.25, 0.3) is 27.7 Å². The van der Waals surface area contributed by atoms with Crippen LogP contribution in [0.4, 0.5) is 14.5 Å². The molecule has 0 fully saturated rings. The number of aryl methyl sites for hydroxylation is 2. The van der Waals surface area contributed by atoms with Gasteiger partial charge in [-0.25, -0.2) is 8.78 Å². The minimum absolute atomic E-state index is 0.359. The Morgan fingerprint density at radius 3 is 2.65 bits per heavy atom. The third-order valence-corrected chi connectivity index (χ3v) is 6.76. The maximum Gasteiger partial charge on any atom is 0.162 e. The van der Waals surface area contributed by atoms with Gasteiger partial charge in [-0.3, -0.25) is 4.57 Å². The van der Waals surface area contributed by atoms with E-state index < -0.39 is 5.54 Å². The van der Waals surface area contributed by atoms with Crippen molar-refractivity contribution in [3.63, 3.8) is 0 Å². The SMILES string of the molecule is Cc1c[nH]c2c(-c3c(F)c4c(c5c3CCC5)NC(C)(C)c3nnc(C)n3-4)cc(F)cc12. The van der Waals surface area contributed by atoms with Crippen molar-refractivity contribution in [1.82, 2.24) is 19.7 Å². The first kappa shape index (κ1) is 18.5. The van der Waals surface area contributed by atoms with Crippen LogP contribution >= 0.6 is 0 Å². The van der Waals surface area contributed by atoms with Crippen molar-refractivity contribution in [2.75, 3.05) is 5.32 Å². The molecule has 0 amide bonds. The van der Waals surface area contributed by atoms with Crippen molar-refractivity contribution in [3.05, 3.63) is 58.3 Å². The standard InChI is InChI=1S/C24H23F2N5/c1-11-10-27-20-16(11)8-13(25)9-17(20)18-14-6-5-7-15(14)21-22(19(18)26)31-12(2)29-30-23(31)24(3,4)28-21/h8-10,27-28H,5-7H2,1-4H3. The minimum atomic E-state index is -0.485. The maximum atomic E-state index is 16.5. The molecule has 6 rings (SSSR count). The quantitative estimate of drug-likeness (QED) is 0.431. The number of H-pyrrole nitrogens is 1. The number of hydrogen-bond donors (Lipinski definition) is 2. The number of rotatable bonds is 1. The third-order valence-electron chi connectivity index (χ3n) is 6.76. The topological polar surface area (TPSA) is 58.5 Å². The van der Waals surface area contributed by atoms with E-state index in [0.717, 1.165) is 52.5 Å². The lowest BCUT2D eigenvalue weighted by Gasteiger charge is -2.36. The lowest BCUT2D eigenvalue weighted by Crippen LogP contribution is -2.37. The van der Waals surface area contributed by atoms with Gasteiger partial charge in [-0.1, -0.05) is 0 Å². The molecule has 1 aliphatic heterocycles. The van der Waals surface area contributed by atoms with Gasteiger partial charge in [0, 0.05) is 22.7 Å². The fourth-order valence-electron chi connectivity index (χ4n) is 5.36. The van der Waals surface area contributed by atoms with Crippen LogP contribution in [0.2, 0.25) is 0 Å². The van der Waals surface area contributed by atoms with Crippen LogP contribution in [0.5, 0.6) is 0 Å². The lowest BCUT2D eigenvalue weighted by molar-refractivity contribution is 0.521. The summed E-state index contributed by atoms with van der Waals surface area (Å²) < 4.78 is 33.0. The second-order valence-electron chi connectivity index (χ2n) is 9.23. The number of hydrogen-bond acceptors (Lipinski definition) is 3. The molecule has 2 N–H and O–H groups in total. The van der Waals surface area contributed by atoms with E-state index in [1.54, 1.807) is 0 Å². The molecule has 31 heavy (non-hydrogen) atoms. The first-order chi connectivity index (χ1) is 14.8. The third kappa shape index (κ3) is 2.34. The van der Waals surface area contributed by atoms with Crippen molar-refractivity contribution < 1.29 is 8.78 Å². The molecule has 0 saturated heterocycles. The highest BCUT2D eigenvalue weighted by Gasteiger charge is 2.40. The van der Waals surface area contributed by atoms with Gasteiger partial charge in [0.25, 0.3) is 0 Å². The molecule has 0 saturated carbocycles. The zero-order valence-electron chi connectivity index (χ0n) is 18.0. The molecule has 0 atom stereocenters. The predicted octanol–water partition coefficient (Wildman–Crippen LogP) is 5.46. The van der Waals surface area contributed by atoms with E-state index in [-0.39, 0.29) is 11.6 Å². The number of anilines is 1. The number of benzene rings is 2. The second kappa shape index (κ2) is 5.93. The summed E-state index contributed by atoms with van der Waals surface area (Å²) in [6.07, 6.45) is 4.41. The minimum Gasteiger partial charge on any atom is -0.371 e. The average molecular weight is 419 g/mol. The van der Waals surface area contributed by atoms with Crippen molar-refractivity contribution in [3.8, 4) is 16.8 Å². The van der Waals surface area contributed by atoms with Crippen LogP contribution in [0.3, 0.4) is 0 Å². The molecule has 5 nitrogen and oxygen atoms in total. The van der Waals surface area contributed by atoms with E-state index in [1.165, 1.54) is 12.1 Å². The Labute approximate surface area is 178 Å². The fourth-order valence-corrected chi connectivity index (χ4v) is 5.36. The van der Waals surface area contributed by atoms with Crippen LogP contribution in [0.15, 0.2) is 18.3 Å². The molecular formula is C24H23F2N5. The molecule has 2 aliphatic rings. The number of aromatic nitrogens is 4. The van der Waals surface area contributed by atoms with E-state index in [1.807, 2.05) is 38.5 Å². The van der Waals surface area contributed by atoms with Gasteiger partial charge in [0.05, 0.1) is 16.7 Å². The Bertz CT molecular complexity index is 1410. The Morgan fingerprint density at radius 1 is 1.06 bits per heavy atom. The lowest BCUT2D eigenvalue weighted by atomic mass is 9.89. The molecule has 3 heterocycles. The first-order valence-corrected chi connectivity index (χ1v) is 10.6. The Balaban J connectivity index is 1.76. The highest BCUT2D eigenvalue weighted by Crippen LogP contribution is 2.49. The van der Waals surface area contributed by atoms with Gasteiger partial charge in [-0.15, -0.1) is 10.2 Å². The molecule has 2 aromatic carbocycles. The predicted molar refractivity (Wildman–Crippen MR) is 117 cm³/mol.